The average molecular weight is 407 g/mol. The first-order chi connectivity index (χ1) is 13.8. The van der Waals surface area contributed by atoms with Crippen molar-refractivity contribution in [2.45, 2.75) is 46.3 Å². The van der Waals surface area contributed by atoms with Crippen LogP contribution in [-0.4, -0.2) is 29.3 Å². The SMILES string of the molecule is CC.CC(=O)N1N=C(c2cc(F)ccc2F)C[C@H]1c1ccccc1.C[C@H](F)CN. The Kier molecular flexibility index (Phi) is 10.1. The Bertz CT molecular complexity index is 810. The van der Waals surface area contributed by atoms with Crippen LogP contribution in [0, 0.1) is 11.6 Å². The lowest BCUT2D eigenvalue weighted by atomic mass is 9.98. The minimum atomic E-state index is -0.838. The lowest BCUT2D eigenvalue weighted by Gasteiger charge is -2.20. The summed E-state index contributed by atoms with van der Waals surface area (Å²) in [5, 5.41) is 5.54. The van der Waals surface area contributed by atoms with E-state index in [1.54, 1.807) is 0 Å². The first kappa shape index (κ1) is 24.4. The Morgan fingerprint density at radius 2 is 1.79 bits per heavy atom. The molecular weight excluding hydrogens is 379 g/mol. The molecule has 2 atom stereocenters. The molecule has 29 heavy (non-hydrogen) atoms. The molecule has 1 amide bonds. The Morgan fingerprint density at radius 1 is 1.21 bits per heavy atom. The van der Waals surface area contributed by atoms with Crippen LogP contribution >= 0.6 is 0 Å². The van der Waals surface area contributed by atoms with Gasteiger partial charge in [0.1, 0.15) is 17.8 Å². The highest BCUT2D eigenvalue weighted by atomic mass is 19.1. The van der Waals surface area contributed by atoms with Gasteiger partial charge in [0.05, 0.1) is 11.8 Å². The number of carbonyl (C=O) groups is 1. The van der Waals surface area contributed by atoms with Crippen LogP contribution in [0.2, 0.25) is 0 Å². The third-order valence-electron chi connectivity index (χ3n) is 3.98. The molecule has 0 radical (unpaired) electrons. The van der Waals surface area contributed by atoms with E-state index >= 15 is 0 Å². The summed E-state index contributed by atoms with van der Waals surface area (Å²) in [6.45, 7) is 6.98. The second-order valence-electron chi connectivity index (χ2n) is 6.18. The van der Waals surface area contributed by atoms with Crippen LogP contribution in [0.5, 0.6) is 0 Å². The molecule has 0 fully saturated rings. The number of amides is 1. The molecule has 0 spiro atoms. The van der Waals surface area contributed by atoms with Gasteiger partial charge in [-0.2, -0.15) is 5.10 Å². The summed E-state index contributed by atoms with van der Waals surface area (Å²) < 4.78 is 38.6. The van der Waals surface area contributed by atoms with Gasteiger partial charge in [0.2, 0.25) is 5.91 Å². The molecule has 1 heterocycles. The summed E-state index contributed by atoms with van der Waals surface area (Å²) in [7, 11) is 0. The number of halogens is 3. The number of hydrogen-bond acceptors (Lipinski definition) is 3. The van der Waals surface area contributed by atoms with Crippen molar-refractivity contribution >= 4 is 11.6 Å². The smallest absolute Gasteiger partial charge is 0.240 e. The van der Waals surface area contributed by atoms with Crippen LogP contribution in [0.25, 0.3) is 0 Å². The van der Waals surface area contributed by atoms with Crippen LogP contribution < -0.4 is 5.73 Å². The Balaban J connectivity index is 0.000000527. The molecule has 0 unspecified atom stereocenters. The molecular formula is C22H28F3N3O. The first-order valence-electron chi connectivity index (χ1n) is 9.55. The number of benzene rings is 2. The molecule has 2 aromatic carbocycles. The summed E-state index contributed by atoms with van der Waals surface area (Å²) in [6.07, 6.45) is -0.487. The number of carbonyl (C=O) groups excluding carboxylic acids is 1. The summed E-state index contributed by atoms with van der Waals surface area (Å²) in [5.74, 6) is -1.31. The molecule has 0 bridgehead atoms. The van der Waals surface area contributed by atoms with Crippen LogP contribution in [0.15, 0.2) is 53.6 Å². The van der Waals surface area contributed by atoms with Crippen molar-refractivity contribution in [2.75, 3.05) is 6.54 Å². The molecule has 0 aliphatic carbocycles. The Hall–Kier alpha value is -2.67. The number of alkyl halides is 1. The number of hydrogen-bond donors (Lipinski definition) is 1. The van der Waals surface area contributed by atoms with E-state index in [-0.39, 0.29) is 24.1 Å². The van der Waals surface area contributed by atoms with Gasteiger partial charge in [-0.3, -0.25) is 4.79 Å². The van der Waals surface area contributed by atoms with Gasteiger partial charge in [0.15, 0.2) is 0 Å². The first-order valence-corrected chi connectivity index (χ1v) is 9.55. The van der Waals surface area contributed by atoms with Crippen molar-refractivity contribution in [1.29, 1.82) is 0 Å². The second kappa shape index (κ2) is 12.0. The maximum absolute atomic E-state index is 13.9. The highest BCUT2D eigenvalue weighted by Crippen LogP contribution is 2.33. The monoisotopic (exact) mass is 407 g/mol. The normalized spacial score (nSPS) is 16.1. The molecule has 0 saturated heterocycles. The van der Waals surface area contributed by atoms with Crippen LogP contribution in [0.3, 0.4) is 0 Å². The van der Waals surface area contributed by atoms with Gasteiger partial charge in [0, 0.05) is 25.5 Å². The van der Waals surface area contributed by atoms with Crippen LogP contribution in [-0.2, 0) is 4.79 Å². The molecule has 2 N–H and O–H groups in total. The Morgan fingerprint density at radius 3 is 2.31 bits per heavy atom. The van der Waals surface area contributed by atoms with Gasteiger partial charge in [-0.1, -0.05) is 44.2 Å². The molecule has 0 aromatic heterocycles. The molecule has 4 nitrogen and oxygen atoms in total. The molecule has 7 heteroatoms. The van der Waals surface area contributed by atoms with E-state index in [2.05, 4.69) is 5.10 Å². The predicted molar refractivity (Wildman–Crippen MR) is 110 cm³/mol. The number of nitrogens with two attached hydrogens (primary N) is 1. The summed E-state index contributed by atoms with van der Waals surface area (Å²) in [6, 6.07) is 12.3. The topological polar surface area (TPSA) is 58.7 Å². The number of rotatable bonds is 3. The standard InChI is InChI=1S/C17H14F2N2O.C3H8FN.C2H6/c1-11(22)21-17(12-5-3-2-4-6-12)10-16(20-21)14-9-13(18)7-8-15(14)19;1-3(4)2-5;1-2/h2-9,17H,10H2,1H3;3H,2,5H2,1H3;1-2H3/t17-;3-;/m00./s1. The van der Waals surface area contributed by atoms with E-state index in [0.717, 1.165) is 23.8 Å². The van der Waals surface area contributed by atoms with E-state index in [1.165, 1.54) is 18.9 Å². The minimum Gasteiger partial charge on any atom is -0.328 e. The lowest BCUT2D eigenvalue weighted by Crippen LogP contribution is -2.24. The van der Waals surface area contributed by atoms with Crippen molar-refractivity contribution in [3.05, 3.63) is 71.3 Å². The van der Waals surface area contributed by atoms with Crippen LogP contribution in [0.1, 0.15) is 51.3 Å². The average Bonchev–Trinajstić information content (AvgIpc) is 3.18. The van der Waals surface area contributed by atoms with Gasteiger partial charge in [-0.05, 0) is 30.7 Å². The molecule has 1 aliphatic heterocycles. The van der Waals surface area contributed by atoms with E-state index < -0.39 is 17.8 Å². The van der Waals surface area contributed by atoms with E-state index in [9.17, 15) is 18.0 Å². The van der Waals surface area contributed by atoms with Crippen molar-refractivity contribution in [3.8, 4) is 0 Å². The number of nitrogens with zero attached hydrogens (tertiary/aromatic N) is 2. The predicted octanol–water partition coefficient (Wildman–Crippen LogP) is 4.99. The van der Waals surface area contributed by atoms with E-state index in [0.29, 0.717) is 12.1 Å². The highest BCUT2D eigenvalue weighted by molar-refractivity contribution is 6.03. The lowest BCUT2D eigenvalue weighted by molar-refractivity contribution is -0.130. The summed E-state index contributed by atoms with van der Waals surface area (Å²) in [5.41, 5.74) is 6.18. The zero-order valence-corrected chi connectivity index (χ0v) is 17.2. The van der Waals surface area contributed by atoms with Crippen molar-refractivity contribution in [2.24, 2.45) is 10.8 Å². The van der Waals surface area contributed by atoms with Gasteiger partial charge in [0.25, 0.3) is 0 Å². The number of hydrazone groups is 1. The van der Waals surface area contributed by atoms with Gasteiger partial charge in [-0.15, -0.1) is 0 Å². The molecule has 0 saturated carbocycles. The summed E-state index contributed by atoms with van der Waals surface area (Å²) in [4.78, 5) is 11.8. The minimum absolute atomic E-state index is 0.102. The quantitative estimate of drug-likeness (QED) is 0.779. The van der Waals surface area contributed by atoms with Gasteiger partial charge < -0.3 is 5.73 Å². The molecule has 1 aliphatic rings. The zero-order chi connectivity index (χ0) is 22.0. The second-order valence-corrected chi connectivity index (χ2v) is 6.18. The highest BCUT2D eigenvalue weighted by Gasteiger charge is 2.32. The van der Waals surface area contributed by atoms with Crippen molar-refractivity contribution < 1.29 is 18.0 Å². The third-order valence-corrected chi connectivity index (χ3v) is 3.98. The molecule has 3 rings (SSSR count). The maximum atomic E-state index is 13.9. The fraction of sp³-hybridized carbons (Fsp3) is 0.364. The third kappa shape index (κ3) is 7.02. The van der Waals surface area contributed by atoms with Crippen molar-refractivity contribution in [1.82, 2.24) is 5.01 Å². The zero-order valence-electron chi connectivity index (χ0n) is 17.2. The Labute approximate surface area is 170 Å². The van der Waals surface area contributed by atoms with E-state index in [1.807, 2.05) is 44.2 Å². The van der Waals surface area contributed by atoms with E-state index in [4.69, 9.17) is 5.73 Å². The van der Waals surface area contributed by atoms with Crippen LogP contribution in [0.4, 0.5) is 13.2 Å². The fourth-order valence-corrected chi connectivity index (χ4v) is 2.62. The fourth-order valence-electron chi connectivity index (χ4n) is 2.62. The largest absolute Gasteiger partial charge is 0.328 e. The molecule has 158 valence electrons. The summed E-state index contributed by atoms with van der Waals surface area (Å²) >= 11 is 0. The van der Waals surface area contributed by atoms with Gasteiger partial charge in [-0.25, -0.2) is 18.2 Å². The van der Waals surface area contributed by atoms with Crippen molar-refractivity contribution in [3.63, 3.8) is 0 Å². The molecule has 2 aromatic rings. The van der Waals surface area contributed by atoms with Gasteiger partial charge >= 0.3 is 0 Å². The maximum Gasteiger partial charge on any atom is 0.240 e.